The Morgan fingerprint density at radius 2 is 1.94 bits per heavy atom. The van der Waals surface area contributed by atoms with Gasteiger partial charge in [-0.1, -0.05) is 18.2 Å². The summed E-state index contributed by atoms with van der Waals surface area (Å²) in [6.07, 6.45) is 0. The number of nitrogen functional groups attached to an aromatic ring is 1. The van der Waals surface area contributed by atoms with Gasteiger partial charge in [-0.15, -0.1) is 0 Å². The molecule has 0 saturated carbocycles. The molecule has 0 atom stereocenters. The van der Waals surface area contributed by atoms with Crippen LogP contribution < -0.4 is 15.2 Å². The minimum Gasteiger partial charge on any atom is -0.496 e. The highest BCUT2D eigenvalue weighted by molar-refractivity contribution is 5.45. The fourth-order valence-corrected chi connectivity index (χ4v) is 1.59. The Morgan fingerprint density at radius 3 is 2.67 bits per heavy atom. The van der Waals surface area contributed by atoms with Crippen molar-refractivity contribution in [2.75, 3.05) is 12.8 Å². The Labute approximate surface area is 105 Å². The van der Waals surface area contributed by atoms with Gasteiger partial charge < -0.3 is 15.2 Å². The predicted octanol–water partition coefficient (Wildman–Crippen LogP) is 3.00. The van der Waals surface area contributed by atoms with Gasteiger partial charge in [0, 0.05) is 11.6 Å². The van der Waals surface area contributed by atoms with Crippen LogP contribution >= 0.6 is 0 Å². The quantitative estimate of drug-likeness (QED) is 0.845. The summed E-state index contributed by atoms with van der Waals surface area (Å²) in [6.45, 7) is 0.342. The molecule has 0 spiro atoms. The molecule has 0 heterocycles. The van der Waals surface area contributed by atoms with Gasteiger partial charge in [0.2, 0.25) is 0 Å². The van der Waals surface area contributed by atoms with E-state index in [2.05, 4.69) is 0 Å². The molecule has 0 aliphatic rings. The van der Waals surface area contributed by atoms with Gasteiger partial charge in [-0.05, 0) is 18.2 Å². The zero-order valence-corrected chi connectivity index (χ0v) is 10.0. The van der Waals surface area contributed by atoms with E-state index in [1.165, 1.54) is 12.1 Å². The highest BCUT2D eigenvalue weighted by atomic mass is 19.1. The van der Waals surface area contributed by atoms with Crippen LogP contribution in [0.5, 0.6) is 11.5 Å². The molecule has 0 aliphatic heterocycles. The number of rotatable bonds is 4. The van der Waals surface area contributed by atoms with Gasteiger partial charge >= 0.3 is 0 Å². The minimum absolute atomic E-state index is 0.0764. The molecule has 0 bridgehead atoms. The van der Waals surface area contributed by atoms with E-state index in [9.17, 15) is 4.39 Å². The lowest BCUT2D eigenvalue weighted by molar-refractivity contribution is 0.296. The van der Waals surface area contributed by atoms with Gasteiger partial charge in [-0.3, -0.25) is 0 Å². The third kappa shape index (κ3) is 2.71. The number of ether oxygens (including phenoxy) is 2. The smallest absolute Gasteiger partial charge is 0.146 e. The molecule has 2 aromatic rings. The van der Waals surface area contributed by atoms with Crippen molar-refractivity contribution in [1.29, 1.82) is 0 Å². The van der Waals surface area contributed by atoms with Crippen LogP contribution in [0.25, 0.3) is 0 Å². The molecule has 0 aromatic heterocycles. The Kier molecular flexibility index (Phi) is 3.67. The Balaban J connectivity index is 2.09. The fourth-order valence-electron chi connectivity index (χ4n) is 1.59. The van der Waals surface area contributed by atoms with Crippen molar-refractivity contribution in [2.24, 2.45) is 0 Å². The predicted molar refractivity (Wildman–Crippen MR) is 68.1 cm³/mol. The van der Waals surface area contributed by atoms with Crippen LogP contribution in [-0.4, -0.2) is 7.11 Å². The SMILES string of the molecule is COc1ccccc1COc1ccc(F)c(N)c1. The maximum Gasteiger partial charge on any atom is 0.146 e. The zero-order valence-electron chi connectivity index (χ0n) is 10.0. The number of anilines is 1. The molecule has 3 nitrogen and oxygen atoms in total. The molecule has 0 saturated heterocycles. The Morgan fingerprint density at radius 1 is 1.17 bits per heavy atom. The van der Waals surface area contributed by atoms with Crippen molar-refractivity contribution in [3.63, 3.8) is 0 Å². The number of halogens is 1. The second kappa shape index (κ2) is 5.40. The van der Waals surface area contributed by atoms with Gasteiger partial charge in [0.05, 0.1) is 12.8 Å². The maximum atomic E-state index is 13.0. The molecule has 2 rings (SSSR count). The van der Waals surface area contributed by atoms with Gasteiger partial charge in [-0.25, -0.2) is 4.39 Å². The van der Waals surface area contributed by atoms with Crippen LogP contribution in [0.15, 0.2) is 42.5 Å². The number of hydrogen-bond acceptors (Lipinski definition) is 3. The third-order valence-corrected chi connectivity index (χ3v) is 2.55. The van der Waals surface area contributed by atoms with Crippen LogP contribution in [0.1, 0.15) is 5.56 Å². The van der Waals surface area contributed by atoms with E-state index in [-0.39, 0.29) is 5.69 Å². The first kappa shape index (κ1) is 12.2. The van der Waals surface area contributed by atoms with Crippen LogP contribution in [0.3, 0.4) is 0 Å². The van der Waals surface area contributed by atoms with Crippen molar-refractivity contribution >= 4 is 5.69 Å². The van der Waals surface area contributed by atoms with Crippen LogP contribution in [0.4, 0.5) is 10.1 Å². The van der Waals surface area contributed by atoms with Gasteiger partial charge in [0.15, 0.2) is 0 Å². The summed E-state index contributed by atoms with van der Waals surface area (Å²) in [7, 11) is 1.61. The molecule has 0 radical (unpaired) electrons. The molecule has 0 aliphatic carbocycles. The van der Waals surface area contributed by atoms with Gasteiger partial charge in [-0.2, -0.15) is 0 Å². The van der Waals surface area contributed by atoms with E-state index in [4.69, 9.17) is 15.2 Å². The number of benzene rings is 2. The van der Waals surface area contributed by atoms with Gasteiger partial charge in [0.25, 0.3) is 0 Å². The topological polar surface area (TPSA) is 44.5 Å². The molecule has 4 heteroatoms. The maximum absolute atomic E-state index is 13.0. The highest BCUT2D eigenvalue weighted by Gasteiger charge is 2.04. The number of para-hydroxylation sites is 1. The molecule has 0 fully saturated rings. The molecule has 0 amide bonds. The van der Waals surface area contributed by atoms with Crippen molar-refractivity contribution in [2.45, 2.75) is 6.61 Å². The zero-order chi connectivity index (χ0) is 13.0. The lowest BCUT2D eigenvalue weighted by atomic mass is 10.2. The van der Waals surface area contributed by atoms with Gasteiger partial charge in [0.1, 0.15) is 23.9 Å². The van der Waals surface area contributed by atoms with E-state index in [0.29, 0.717) is 12.4 Å². The number of hydrogen-bond donors (Lipinski definition) is 1. The summed E-state index contributed by atoms with van der Waals surface area (Å²) in [5, 5.41) is 0. The van der Waals surface area contributed by atoms with Crippen molar-refractivity contribution in [3.8, 4) is 11.5 Å². The first-order chi connectivity index (χ1) is 8.70. The molecule has 0 unspecified atom stereocenters. The Hall–Kier alpha value is -2.23. The normalized spacial score (nSPS) is 10.1. The van der Waals surface area contributed by atoms with Crippen molar-refractivity contribution < 1.29 is 13.9 Å². The molecule has 18 heavy (non-hydrogen) atoms. The summed E-state index contributed by atoms with van der Waals surface area (Å²) in [5.41, 5.74) is 6.46. The van der Waals surface area contributed by atoms with E-state index in [0.717, 1.165) is 11.3 Å². The van der Waals surface area contributed by atoms with E-state index in [1.54, 1.807) is 13.2 Å². The lowest BCUT2D eigenvalue weighted by Gasteiger charge is -2.10. The molecule has 2 aromatic carbocycles. The summed E-state index contributed by atoms with van der Waals surface area (Å²) in [4.78, 5) is 0. The summed E-state index contributed by atoms with van der Waals surface area (Å²) in [6, 6.07) is 11.8. The van der Waals surface area contributed by atoms with E-state index in [1.807, 2.05) is 24.3 Å². The monoisotopic (exact) mass is 247 g/mol. The third-order valence-electron chi connectivity index (χ3n) is 2.55. The van der Waals surface area contributed by atoms with Crippen molar-refractivity contribution in [3.05, 3.63) is 53.8 Å². The Bertz CT molecular complexity index is 543. The van der Waals surface area contributed by atoms with Crippen LogP contribution in [0.2, 0.25) is 0 Å². The van der Waals surface area contributed by atoms with E-state index < -0.39 is 5.82 Å². The fraction of sp³-hybridized carbons (Fsp3) is 0.143. The standard InChI is InChI=1S/C14H14FNO2/c1-17-14-5-3-2-4-10(14)9-18-11-6-7-12(15)13(16)8-11/h2-8H,9,16H2,1H3. The highest BCUT2D eigenvalue weighted by Crippen LogP contribution is 2.22. The number of nitrogens with two attached hydrogens (primary N) is 1. The lowest BCUT2D eigenvalue weighted by Crippen LogP contribution is -1.99. The van der Waals surface area contributed by atoms with Crippen LogP contribution in [-0.2, 0) is 6.61 Å². The first-order valence-electron chi connectivity index (χ1n) is 5.50. The van der Waals surface area contributed by atoms with Crippen LogP contribution in [0, 0.1) is 5.82 Å². The average molecular weight is 247 g/mol. The minimum atomic E-state index is -0.445. The summed E-state index contributed by atoms with van der Waals surface area (Å²) in [5.74, 6) is 0.840. The molecule has 94 valence electrons. The summed E-state index contributed by atoms with van der Waals surface area (Å²) >= 11 is 0. The van der Waals surface area contributed by atoms with E-state index >= 15 is 0 Å². The first-order valence-corrected chi connectivity index (χ1v) is 5.50. The number of methoxy groups -OCH3 is 1. The molecular formula is C14H14FNO2. The molecule has 2 N–H and O–H groups in total. The second-order valence-corrected chi connectivity index (χ2v) is 3.78. The van der Waals surface area contributed by atoms with Crippen molar-refractivity contribution in [1.82, 2.24) is 0 Å². The summed E-state index contributed by atoms with van der Waals surface area (Å²) < 4.78 is 23.7. The largest absolute Gasteiger partial charge is 0.496 e. The average Bonchev–Trinajstić information content (AvgIpc) is 2.40. The second-order valence-electron chi connectivity index (χ2n) is 3.78. The molecular weight excluding hydrogens is 233 g/mol.